The van der Waals surface area contributed by atoms with Crippen molar-refractivity contribution >= 4 is 23.7 Å². The van der Waals surface area contributed by atoms with Gasteiger partial charge in [-0.2, -0.15) is 5.10 Å². The highest BCUT2D eigenvalue weighted by atomic mass is 16.2. The molecule has 134 valence electrons. The van der Waals surface area contributed by atoms with Gasteiger partial charge in [0.15, 0.2) is 0 Å². The van der Waals surface area contributed by atoms with Gasteiger partial charge in [0.05, 0.1) is 6.21 Å². The Morgan fingerprint density at radius 1 is 0.815 bits per heavy atom. The van der Waals surface area contributed by atoms with Crippen LogP contribution in [0.2, 0.25) is 0 Å². The first-order valence-electron chi connectivity index (χ1n) is 8.48. The molecule has 0 bridgehead atoms. The lowest BCUT2D eigenvalue weighted by Crippen LogP contribution is -2.17. The summed E-state index contributed by atoms with van der Waals surface area (Å²) in [5, 5.41) is 6.77. The van der Waals surface area contributed by atoms with E-state index < -0.39 is 0 Å². The van der Waals surface area contributed by atoms with Crippen molar-refractivity contribution in [3.8, 4) is 0 Å². The molecule has 0 saturated carbocycles. The number of aryl methyl sites for hydroxylation is 1. The quantitative estimate of drug-likeness (QED) is 0.535. The Balaban J connectivity index is 1.58. The zero-order chi connectivity index (χ0) is 19.1. The van der Waals surface area contributed by atoms with Crippen LogP contribution >= 0.6 is 0 Å². The van der Waals surface area contributed by atoms with Crippen LogP contribution in [0.4, 0.5) is 5.69 Å². The predicted octanol–water partition coefficient (Wildman–Crippen LogP) is 4.01. The van der Waals surface area contributed by atoms with Crippen LogP contribution in [0.3, 0.4) is 0 Å². The van der Waals surface area contributed by atoms with Crippen molar-refractivity contribution in [2.75, 3.05) is 5.32 Å². The fourth-order valence-corrected chi connectivity index (χ4v) is 2.48. The number of nitrogens with one attached hydrogen (secondary N) is 2. The molecule has 0 spiro atoms. The van der Waals surface area contributed by atoms with Crippen LogP contribution in [0.1, 0.15) is 31.8 Å². The third-order valence-corrected chi connectivity index (χ3v) is 3.86. The zero-order valence-electron chi connectivity index (χ0n) is 14.8. The molecule has 0 saturated heterocycles. The molecule has 5 nitrogen and oxygen atoms in total. The molecule has 3 aromatic rings. The third kappa shape index (κ3) is 5.12. The smallest absolute Gasteiger partial charge is 0.271 e. The van der Waals surface area contributed by atoms with E-state index in [1.807, 2.05) is 37.3 Å². The van der Waals surface area contributed by atoms with Crippen molar-refractivity contribution < 1.29 is 9.59 Å². The van der Waals surface area contributed by atoms with Gasteiger partial charge in [0.1, 0.15) is 0 Å². The summed E-state index contributed by atoms with van der Waals surface area (Å²) in [7, 11) is 0. The lowest BCUT2D eigenvalue weighted by Gasteiger charge is -2.06. The second kappa shape index (κ2) is 8.58. The Morgan fingerprint density at radius 2 is 1.52 bits per heavy atom. The fraction of sp³-hybridized carbons (Fsp3) is 0.0455. The maximum Gasteiger partial charge on any atom is 0.271 e. The van der Waals surface area contributed by atoms with Crippen LogP contribution in [0.15, 0.2) is 84.0 Å². The number of amides is 2. The number of carbonyl (C=O) groups is 2. The van der Waals surface area contributed by atoms with Crippen LogP contribution in [0, 0.1) is 6.92 Å². The lowest BCUT2D eigenvalue weighted by atomic mass is 10.1. The van der Waals surface area contributed by atoms with Gasteiger partial charge in [-0.25, -0.2) is 5.43 Å². The van der Waals surface area contributed by atoms with Gasteiger partial charge in [-0.15, -0.1) is 0 Å². The van der Waals surface area contributed by atoms with E-state index in [2.05, 4.69) is 15.8 Å². The maximum atomic E-state index is 12.1. The number of nitrogens with zero attached hydrogens (tertiary/aromatic N) is 1. The van der Waals surface area contributed by atoms with E-state index >= 15 is 0 Å². The number of rotatable bonds is 5. The summed E-state index contributed by atoms with van der Waals surface area (Å²) in [6.45, 7) is 1.99. The van der Waals surface area contributed by atoms with Crippen LogP contribution in [0.5, 0.6) is 0 Å². The highest BCUT2D eigenvalue weighted by molar-refractivity contribution is 6.04. The molecule has 0 aromatic heterocycles. The van der Waals surface area contributed by atoms with Crippen molar-refractivity contribution in [3.63, 3.8) is 0 Å². The Morgan fingerprint density at radius 3 is 2.22 bits per heavy atom. The monoisotopic (exact) mass is 357 g/mol. The van der Waals surface area contributed by atoms with Gasteiger partial charge in [0.2, 0.25) is 0 Å². The zero-order valence-corrected chi connectivity index (χ0v) is 14.8. The number of hydrogen-bond acceptors (Lipinski definition) is 3. The minimum absolute atomic E-state index is 0.199. The second-order valence-electron chi connectivity index (χ2n) is 6.01. The molecule has 0 aliphatic carbocycles. The normalized spacial score (nSPS) is 10.6. The van der Waals surface area contributed by atoms with E-state index in [1.54, 1.807) is 54.7 Å². The third-order valence-electron chi connectivity index (χ3n) is 3.86. The average molecular weight is 357 g/mol. The van der Waals surface area contributed by atoms with Crippen LogP contribution in [0.25, 0.3) is 0 Å². The van der Waals surface area contributed by atoms with Crippen molar-refractivity contribution in [1.82, 2.24) is 5.43 Å². The van der Waals surface area contributed by atoms with Gasteiger partial charge in [-0.1, -0.05) is 48.0 Å². The number of hydrazone groups is 1. The van der Waals surface area contributed by atoms with Crippen molar-refractivity contribution in [1.29, 1.82) is 0 Å². The van der Waals surface area contributed by atoms with Gasteiger partial charge < -0.3 is 5.32 Å². The Bertz CT molecular complexity index is 964. The number of carbonyl (C=O) groups excluding carboxylic acids is 2. The number of hydrogen-bond donors (Lipinski definition) is 2. The summed E-state index contributed by atoms with van der Waals surface area (Å²) < 4.78 is 0. The van der Waals surface area contributed by atoms with E-state index in [0.717, 1.165) is 11.1 Å². The average Bonchev–Trinajstić information content (AvgIpc) is 2.69. The summed E-state index contributed by atoms with van der Waals surface area (Å²) in [5.41, 5.74) is 6.17. The molecule has 0 aliphatic heterocycles. The highest BCUT2D eigenvalue weighted by Gasteiger charge is 2.07. The molecule has 3 aromatic carbocycles. The molecule has 0 aliphatic rings. The van der Waals surface area contributed by atoms with Gasteiger partial charge in [-0.05, 0) is 48.9 Å². The first-order valence-corrected chi connectivity index (χ1v) is 8.48. The molecule has 0 fully saturated rings. The second-order valence-corrected chi connectivity index (χ2v) is 6.01. The summed E-state index contributed by atoms with van der Waals surface area (Å²) in [4.78, 5) is 24.3. The highest BCUT2D eigenvalue weighted by Crippen LogP contribution is 2.11. The van der Waals surface area contributed by atoms with Crippen LogP contribution < -0.4 is 10.7 Å². The first kappa shape index (κ1) is 18.1. The van der Waals surface area contributed by atoms with Gasteiger partial charge in [0, 0.05) is 16.8 Å². The molecule has 5 heteroatoms. The molecule has 0 heterocycles. The van der Waals surface area contributed by atoms with E-state index in [1.165, 1.54) is 0 Å². The molecular formula is C22H19N3O2. The fourth-order valence-electron chi connectivity index (χ4n) is 2.48. The van der Waals surface area contributed by atoms with Crippen molar-refractivity contribution in [2.45, 2.75) is 6.92 Å². The van der Waals surface area contributed by atoms with E-state index in [0.29, 0.717) is 16.8 Å². The van der Waals surface area contributed by atoms with Gasteiger partial charge in [-0.3, -0.25) is 9.59 Å². The molecular weight excluding hydrogens is 338 g/mol. The molecule has 2 amide bonds. The Hall–Kier alpha value is -3.73. The SMILES string of the molecule is Cc1cccc(/C=N/NC(=O)c2ccc(NC(=O)c3ccccc3)cc2)c1. The molecule has 0 radical (unpaired) electrons. The van der Waals surface area contributed by atoms with E-state index in [9.17, 15) is 9.59 Å². The van der Waals surface area contributed by atoms with Crippen molar-refractivity contribution in [2.24, 2.45) is 5.10 Å². The van der Waals surface area contributed by atoms with E-state index in [4.69, 9.17) is 0 Å². The molecule has 27 heavy (non-hydrogen) atoms. The molecule has 2 N–H and O–H groups in total. The molecule has 0 unspecified atom stereocenters. The van der Waals surface area contributed by atoms with Gasteiger partial charge in [0.25, 0.3) is 11.8 Å². The van der Waals surface area contributed by atoms with Gasteiger partial charge >= 0.3 is 0 Å². The standard InChI is InChI=1S/C22H19N3O2/c1-16-6-5-7-17(14-16)15-23-25-22(27)19-10-12-20(13-11-19)24-21(26)18-8-3-2-4-9-18/h2-15H,1H3,(H,24,26)(H,25,27)/b23-15+. The van der Waals surface area contributed by atoms with Crippen LogP contribution in [-0.2, 0) is 0 Å². The first-order chi connectivity index (χ1) is 13.1. The largest absolute Gasteiger partial charge is 0.322 e. The van der Waals surface area contributed by atoms with Crippen molar-refractivity contribution in [3.05, 3.63) is 101 Å². The summed E-state index contributed by atoms with van der Waals surface area (Å²) >= 11 is 0. The minimum Gasteiger partial charge on any atom is -0.322 e. The Labute approximate surface area is 157 Å². The minimum atomic E-state index is -0.320. The predicted molar refractivity (Wildman–Crippen MR) is 107 cm³/mol. The molecule has 0 atom stereocenters. The lowest BCUT2D eigenvalue weighted by molar-refractivity contribution is 0.0954. The molecule has 3 rings (SSSR count). The summed E-state index contributed by atoms with van der Waals surface area (Å²) in [6.07, 6.45) is 1.60. The number of anilines is 1. The van der Waals surface area contributed by atoms with Crippen LogP contribution in [-0.4, -0.2) is 18.0 Å². The Kier molecular flexibility index (Phi) is 5.74. The number of benzene rings is 3. The summed E-state index contributed by atoms with van der Waals surface area (Å²) in [6, 6.07) is 23.4. The maximum absolute atomic E-state index is 12.1. The topological polar surface area (TPSA) is 70.6 Å². The van der Waals surface area contributed by atoms with E-state index in [-0.39, 0.29) is 11.8 Å². The summed E-state index contributed by atoms with van der Waals surface area (Å²) in [5.74, 6) is -0.518.